The zero-order chi connectivity index (χ0) is 16.2. The summed E-state index contributed by atoms with van der Waals surface area (Å²) in [4.78, 5) is 14.0. The van der Waals surface area contributed by atoms with Gasteiger partial charge in [-0.3, -0.25) is 0 Å². The van der Waals surface area contributed by atoms with Crippen LogP contribution in [0.2, 0.25) is 0 Å². The number of ether oxygens (including phenoxy) is 2. The van der Waals surface area contributed by atoms with Crippen molar-refractivity contribution in [2.75, 3.05) is 13.2 Å². The predicted octanol–water partition coefficient (Wildman–Crippen LogP) is 3.54. The first-order valence-electron chi connectivity index (χ1n) is 7.36. The molecule has 3 nitrogen and oxygen atoms in total. The number of fused-ring (bicyclic) bond motifs is 1. The second-order valence-corrected chi connectivity index (χ2v) is 6.09. The number of carbonyl (C=O) groups is 1. The van der Waals surface area contributed by atoms with Crippen LogP contribution in [-0.4, -0.2) is 19.2 Å². The molecule has 0 saturated heterocycles. The lowest BCUT2D eigenvalue weighted by atomic mass is 10.0. The van der Waals surface area contributed by atoms with Crippen LogP contribution >= 0.6 is 11.3 Å². The van der Waals surface area contributed by atoms with Crippen molar-refractivity contribution in [3.05, 3.63) is 56.5 Å². The monoisotopic (exact) mass is 330 g/mol. The maximum absolute atomic E-state index is 12.9. The van der Waals surface area contributed by atoms with Crippen LogP contribution in [0.5, 0.6) is 0 Å². The average molecular weight is 330 g/mol. The van der Waals surface area contributed by atoms with Crippen molar-refractivity contribution in [1.82, 2.24) is 0 Å². The van der Waals surface area contributed by atoms with E-state index in [1.807, 2.05) is 0 Å². The molecule has 0 radical (unpaired) electrons. The quantitative estimate of drug-likeness (QED) is 0.624. The lowest BCUT2D eigenvalue weighted by Gasteiger charge is -2.12. The highest BCUT2D eigenvalue weighted by Crippen LogP contribution is 2.32. The van der Waals surface area contributed by atoms with Gasteiger partial charge in [0.15, 0.2) is 0 Å². The first-order chi connectivity index (χ1) is 11.2. The largest absolute Gasteiger partial charge is 0.462 e. The molecule has 5 heteroatoms. The second-order valence-electron chi connectivity index (χ2n) is 4.99. The van der Waals surface area contributed by atoms with Crippen molar-refractivity contribution in [2.45, 2.75) is 20.0 Å². The first-order valence-corrected chi connectivity index (χ1v) is 8.17. The van der Waals surface area contributed by atoms with Gasteiger partial charge in [0.05, 0.1) is 30.3 Å². The molecule has 0 bridgehead atoms. The average Bonchev–Trinajstić information content (AvgIpc) is 2.93. The van der Waals surface area contributed by atoms with Crippen LogP contribution in [0.4, 0.5) is 4.39 Å². The van der Waals surface area contributed by atoms with Crippen molar-refractivity contribution in [3.63, 3.8) is 0 Å². The number of rotatable bonds is 2. The molecule has 0 N–H and O–H groups in total. The molecule has 118 valence electrons. The Morgan fingerprint density at radius 1 is 1.35 bits per heavy atom. The van der Waals surface area contributed by atoms with Gasteiger partial charge in [-0.05, 0) is 49.1 Å². The Morgan fingerprint density at radius 3 is 2.87 bits per heavy atom. The van der Waals surface area contributed by atoms with E-state index in [0.29, 0.717) is 42.2 Å². The van der Waals surface area contributed by atoms with Gasteiger partial charge in [0, 0.05) is 10.4 Å². The number of esters is 1. The maximum atomic E-state index is 12.9. The number of thiophene rings is 1. The van der Waals surface area contributed by atoms with Gasteiger partial charge in [-0.2, -0.15) is 0 Å². The molecule has 0 amide bonds. The van der Waals surface area contributed by atoms with Gasteiger partial charge in [0.1, 0.15) is 5.82 Å². The number of halogens is 1. The number of carbonyl (C=O) groups excluding carboxylic acids is 1. The summed E-state index contributed by atoms with van der Waals surface area (Å²) in [5.74, 6) is 5.38. The van der Waals surface area contributed by atoms with E-state index >= 15 is 0 Å². The van der Waals surface area contributed by atoms with Crippen LogP contribution in [-0.2, 0) is 22.5 Å². The van der Waals surface area contributed by atoms with Crippen LogP contribution in [0, 0.1) is 17.7 Å². The molecule has 0 saturated carbocycles. The highest BCUT2D eigenvalue weighted by atomic mass is 32.1. The molecule has 0 spiro atoms. The minimum Gasteiger partial charge on any atom is -0.462 e. The van der Waals surface area contributed by atoms with E-state index in [0.717, 1.165) is 10.4 Å². The van der Waals surface area contributed by atoms with Crippen molar-refractivity contribution in [1.29, 1.82) is 0 Å². The Kier molecular flexibility index (Phi) is 4.75. The fourth-order valence-electron chi connectivity index (χ4n) is 2.40. The van der Waals surface area contributed by atoms with E-state index in [4.69, 9.17) is 9.47 Å². The second kappa shape index (κ2) is 6.95. The highest BCUT2D eigenvalue weighted by Gasteiger charge is 2.25. The van der Waals surface area contributed by atoms with Gasteiger partial charge in [0.2, 0.25) is 0 Å². The van der Waals surface area contributed by atoms with E-state index in [2.05, 4.69) is 11.8 Å². The van der Waals surface area contributed by atoms with Gasteiger partial charge >= 0.3 is 5.97 Å². The molecular formula is C18H15FO3S. The Labute approximate surface area is 138 Å². The molecule has 0 fully saturated rings. The van der Waals surface area contributed by atoms with Gasteiger partial charge in [0.25, 0.3) is 0 Å². The van der Waals surface area contributed by atoms with Crippen molar-refractivity contribution >= 4 is 17.3 Å². The lowest BCUT2D eigenvalue weighted by Crippen LogP contribution is -2.13. The summed E-state index contributed by atoms with van der Waals surface area (Å²) in [5.41, 5.74) is 2.25. The Morgan fingerprint density at radius 2 is 2.13 bits per heavy atom. The van der Waals surface area contributed by atoms with Gasteiger partial charge in [-0.25, -0.2) is 9.18 Å². The van der Waals surface area contributed by atoms with Crippen molar-refractivity contribution in [2.24, 2.45) is 0 Å². The highest BCUT2D eigenvalue weighted by molar-refractivity contribution is 7.13. The Hall–Kier alpha value is -2.16. The topological polar surface area (TPSA) is 35.5 Å². The molecule has 23 heavy (non-hydrogen) atoms. The van der Waals surface area contributed by atoms with Gasteiger partial charge < -0.3 is 9.47 Å². The summed E-state index contributed by atoms with van der Waals surface area (Å²) < 4.78 is 23.6. The Bertz CT molecular complexity index is 781. The summed E-state index contributed by atoms with van der Waals surface area (Å²) in [5, 5.41) is 0. The molecule has 1 aliphatic heterocycles. The van der Waals surface area contributed by atoms with Crippen LogP contribution in [0.25, 0.3) is 0 Å². The normalized spacial score (nSPS) is 13.0. The number of hydrogen-bond donors (Lipinski definition) is 0. The molecule has 2 aromatic rings. The third-order valence-electron chi connectivity index (χ3n) is 3.46. The van der Waals surface area contributed by atoms with Crippen LogP contribution < -0.4 is 0 Å². The molecule has 0 aliphatic carbocycles. The molecule has 1 aromatic heterocycles. The molecule has 1 aliphatic rings. The Balaban J connectivity index is 2.00. The molecule has 2 heterocycles. The minimum atomic E-state index is -0.338. The minimum absolute atomic E-state index is 0.300. The number of hydrogen-bond acceptors (Lipinski definition) is 4. The van der Waals surface area contributed by atoms with Crippen LogP contribution in [0.15, 0.2) is 24.3 Å². The molecule has 1 aromatic carbocycles. The standard InChI is InChI=1S/C18H15FO3S/c1-2-22-18(20)17-14-9-10-21-11-16(14)23-15(17)8-5-12-3-6-13(19)7-4-12/h3-4,6-7H,2,9-11H2,1H3. The van der Waals surface area contributed by atoms with E-state index in [9.17, 15) is 9.18 Å². The van der Waals surface area contributed by atoms with Crippen LogP contribution in [0.1, 0.15) is 38.2 Å². The molecule has 0 atom stereocenters. The van der Waals surface area contributed by atoms with E-state index in [1.165, 1.54) is 23.5 Å². The zero-order valence-electron chi connectivity index (χ0n) is 12.6. The smallest absolute Gasteiger partial charge is 0.340 e. The van der Waals surface area contributed by atoms with E-state index in [-0.39, 0.29) is 11.8 Å². The SMILES string of the molecule is CCOC(=O)c1c(C#Cc2ccc(F)cc2)sc2c1CCOC2. The number of benzene rings is 1. The third kappa shape index (κ3) is 3.44. The lowest BCUT2D eigenvalue weighted by molar-refractivity contribution is 0.0522. The van der Waals surface area contributed by atoms with Crippen molar-refractivity contribution < 1.29 is 18.7 Å². The fraction of sp³-hybridized carbons (Fsp3) is 0.278. The summed E-state index contributed by atoms with van der Waals surface area (Å²) in [6, 6.07) is 5.96. The molecule has 0 unspecified atom stereocenters. The van der Waals surface area contributed by atoms with Crippen LogP contribution in [0.3, 0.4) is 0 Å². The van der Waals surface area contributed by atoms with E-state index < -0.39 is 0 Å². The van der Waals surface area contributed by atoms with Crippen molar-refractivity contribution in [3.8, 4) is 11.8 Å². The predicted molar refractivity (Wildman–Crippen MR) is 86.0 cm³/mol. The zero-order valence-corrected chi connectivity index (χ0v) is 13.5. The summed E-state index contributed by atoms with van der Waals surface area (Å²) in [7, 11) is 0. The molecular weight excluding hydrogens is 315 g/mol. The summed E-state index contributed by atoms with van der Waals surface area (Å²) in [6.45, 7) is 3.21. The van der Waals surface area contributed by atoms with Gasteiger partial charge in [-0.15, -0.1) is 11.3 Å². The molecule has 3 rings (SSSR count). The fourth-order valence-corrected chi connectivity index (χ4v) is 3.53. The third-order valence-corrected chi connectivity index (χ3v) is 4.59. The maximum Gasteiger partial charge on any atom is 0.340 e. The summed E-state index contributed by atoms with van der Waals surface area (Å²) >= 11 is 1.47. The van der Waals surface area contributed by atoms with E-state index in [1.54, 1.807) is 19.1 Å². The first kappa shape index (κ1) is 15.7. The summed E-state index contributed by atoms with van der Waals surface area (Å²) in [6.07, 6.45) is 0.693. The van der Waals surface area contributed by atoms with Gasteiger partial charge in [-0.1, -0.05) is 5.92 Å².